The van der Waals surface area contributed by atoms with Crippen molar-refractivity contribution < 1.29 is 79.6 Å². The molecule has 716 valence electrons. The fourth-order valence-corrected chi connectivity index (χ4v) is 18.4. The van der Waals surface area contributed by atoms with Crippen LogP contribution in [0.5, 0.6) is 11.5 Å². The molecule has 134 heavy (non-hydrogen) atoms. The van der Waals surface area contributed by atoms with Crippen molar-refractivity contribution in [1.82, 2.24) is 9.80 Å². The molecule has 8 aromatic rings. The van der Waals surface area contributed by atoms with Crippen molar-refractivity contribution in [2.75, 3.05) is 289 Å². The van der Waals surface area contributed by atoms with Crippen LogP contribution in [0.15, 0.2) is 158 Å². The van der Waals surface area contributed by atoms with Crippen molar-refractivity contribution in [3.63, 3.8) is 0 Å². The molecule has 0 bridgehead atoms. The quantitative estimate of drug-likeness (QED) is 0.0345. The highest BCUT2D eigenvalue weighted by molar-refractivity contribution is 5.79. The van der Waals surface area contributed by atoms with Crippen LogP contribution in [0.25, 0.3) is 0 Å². The first kappa shape index (κ1) is 96.3. The lowest BCUT2D eigenvalue weighted by molar-refractivity contribution is -0.384. The Balaban J connectivity index is 0.000000144. The molecule has 0 radical (unpaired) electrons. The van der Waals surface area contributed by atoms with Gasteiger partial charge < -0.3 is 82.6 Å². The summed E-state index contributed by atoms with van der Waals surface area (Å²) >= 11 is 0. The van der Waals surface area contributed by atoms with Crippen molar-refractivity contribution >= 4 is 108 Å². The lowest BCUT2D eigenvalue weighted by Crippen LogP contribution is -2.51. The molecule has 0 atom stereocenters. The number of carbonyl (C=O) groups is 1. The van der Waals surface area contributed by atoms with Crippen LogP contribution in [-0.4, -0.2) is 276 Å². The van der Waals surface area contributed by atoms with Crippen LogP contribution in [0.3, 0.4) is 0 Å². The summed E-state index contributed by atoms with van der Waals surface area (Å²) < 4.78 is 99.4. The van der Waals surface area contributed by atoms with Gasteiger partial charge in [-0.25, -0.2) is 0 Å². The Morgan fingerprint density at radius 1 is 0.299 bits per heavy atom. The predicted octanol–water partition coefficient (Wildman–Crippen LogP) is 14.0. The molecule has 0 spiro atoms. The zero-order valence-electron chi connectivity index (χ0n) is 74.5. The Labute approximate surface area is 769 Å². The Morgan fingerprint density at radius 3 is 0.933 bits per heavy atom. The third kappa shape index (κ3) is 23.7. The molecule has 0 aliphatic carbocycles. The first-order chi connectivity index (χ1) is 64.5. The van der Waals surface area contributed by atoms with E-state index in [4.69, 9.17) is 18.9 Å². The van der Waals surface area contributed by atoms with Gasteiger partial charge >= 0.3 is 12.4 Å². The van der Waals surface area contributed by atoms with E-state index in [2.05, 4.69) is 52.5 Å². The van der Waals surface area contributed by atoms with Crippen LogP contribution in [0, 0.1) is 60.7 Å². The lowest BCUT2D eigenvalue weighted by Gasteiger charge is -2.39. The van der Waals surface area contributed by atoms with E-state index in [0.717, 1.165) is 187 Å². The van der Waals surface area contributed by atoms with Gasteiger partial charge in [0.1, 0.15) is 45.6 Å². The molecule has 43 heteroatoms. The number of anilines is 12. The zero-order valence-corrected chi connectivity index (χ0v) is 74.5. The normalized spacial score (nSPS) is 17.6. The van der Waals surface area contributed by atoms with Crippen LogP contribution >= 0.6 is 0 Å². The minimum atomic E-state index is -4.67. The molecule has 9 aliphatic rings. The molecular weight excluding hydrogens is 1760 g/mol. The highest BCUT2D eigenvalue weighted by Gasteiger charge is 2.39. The number of methoxy groups -OCH3 is 2. The summed E-state index contributed by atoms with van der Waals surface area (Å²) in [5.74, 6) is 1.87. The van der Waals surface area contributed by atoms with E-state index in [1.54, 1.807) is 60.4 Å². The molecule has 9 saturated heterocycles. The maximum atomic E-state index is 13.0. The lowest BCUT2D eigenvalue weighted by atomic mass is 10.1. The van der Waals surface area contributed by atoms with Gasteiger partial charge in [-0.2, -0.15) is 26.3 Å². The third-order valence-electron chi connectivity index (χ3n) is 25.7. The highest BCUT2D eigenvalue weighted by atomic mass is 19.4. The molecule has 0 saturated carbocycles. The monoisotopic (exact) mass is 1870 g/mol. The number of alkyl halides is 6. The molecule has 1 amide bonds. The summed E-state index contributed by atoms with van der Waals surface area (Å²) in [7, 11) is 3.35. The average Bonchev–Trinajstić information content (AvgIpc) is 1.14. The number of benzene rings is 8. The van der Waals surface area contributed by atoms with E-state index in [1.807, 2.05) is 79.1 Å². The predicted molar refractivity (Wildman–Crippen MR) is 499 cm³/mol. The molecule has 9 aliphatic heterocycles. The SMILES string of the molecule is COc1ccc(N2CCN(c3ccc([N+](=O)[O-])c(N4CCN(c5ccccc5OC)CC4)c3)CC2)cc1.O=C(CN1CCN(c2ccc([N+](=O)[O-])c(N3CCCCC3)c2)CC1)N1CCOCC1.O=[N+]([O-])c1ccc(N2CCN(c3ccc(C(F)(F)F)cc3[N+](=O)[O-])CC2)cc1N1CCCC1.O=[N+]([O-])c1ccc(N2CCN(c3ccc(C(F)(F)F)cc3[N+](=O)[O-])CC2)cc1N1CCOCC1. The minimum absolute atomic E-state index is 0.00432. The van der Waals surface area contributed by atoms with Gasteiger partial charge in [0.15, 0.2) is 0 Å². The summed E-state index contributed by atoms with van der Waals surface area (Å²) in [5.41, 5.74) is 5.79. The molecule has 0 N–H and O–H groups in total. The molecule has 17 rings (SSSR count). The van der Waals surface area contributed by atoms with Gasteiger partial charge in [0.05, 0.1) is 93.5 Å². The number of ether oxygens (including phenoxy) is 4. The smallest absolute Gasteiger partial charge is 0.416 e. The average molecular weight is 1870 g/mol. The number of amides is 1. The van der Waals surface area contributed by atoms with Crippen LogP contribution in [0.2, 0.25) is 0 Å². The molecule has 0 unspecified atom stereocenters. The number of halogens is 6. The zero-order chi connectivity index (χ0) is 94.9. The van der Waals surface area contributed by atoms with Crippen LogP contribution in [-0.2, 0) is 26.6 Å². The Bertz CT molecular complexity index is 5440. The highest BCUT2D eigenvalue weighted by Crippen LogP contribution is 2.44. The summed E-state index contributed by atoms with van der Waals surface area (Å²) in [6.45, 7) is 21.3. The number of rotatable bonds is 22. The Morgan fingerprint density at radius 2 is 0.590 bits per heavy atom. The van der Waals surface area contributed by atoms with E-state index in [0.29, 0.717) is 154 Å². The summed E-state index contributed by atoms with van der Waals surface area (Å²) in [4.78, 5) is 108. The molecule has 37 nitrogen and oxygen atoms in total. The van der Waals surface area contributed by atoms with Gasteiger partial charge in [0, 0.05) is 248 Å². The van der Waals surface area contributed by atoms with Crippen molar-refractivity contribution in [2.24, 2.45) is 0 Å². The van der Waals surface area contributed by atoms with Gasteiger partial charge in [0.25, 0.3) is 34.1 Å². The Hall–Kier alpha value is -13.7. The summed E-state index contributed by atoms with van der Waals surface area (Å²) in [6.07, 6.45) is -4.03. The van der Waals surface area contributed by atoms with Gasteiger partial charge in [-0.1, -0.05) is 12.1 Å². The maximum absolute atomic E-state index is 13.0. The molecule has 9 heterocycles. The van der Waals surface area contributed by atoms with Crippen LogP contribution < -0.4 is 68.3 Å². The number of hydrogen-bond acceptors (Lipinski definition) is 30. The largest absolute Gasteiger partial charge is 0.497 e. The van der Waals surface area contributed by atoms with E-state index >= 15 is 0 Å². The second kappa shape index (κ2) is 43.8. The molecule has 9 fully saturated rings. The number of nitro groups is 6. The third-order valence-corrected chi connectivity index (χ3v) is 25.7. The van der Waals surface area contributed by atoms with E-state index < -0.39 is 49.6 Å². The number of nitrogens with zero attached hydrogens (tertiary/aromatic N) is 20. The number of nitro benzene ring substituents is 6. The van der Waals surface area contributed by atoms with E-state index in [-0.39, 0.29) is 54.8 Å². The standard InChI is InChI=1S/C28H33N5O4.C21H22F3N5O5.C21H22F3N5O4.C21H31N5O4/c1-36-24-10-7-22(8-11-24)29-13-15-30(16-14-29)23-9-12-25(33(34)35)27(21-23)32-19-17-31(18-20-32)26-5-3-4-6-28(26)37-2;22-21(23,24)15-1-3-17(20(13-15)29(32)33)26-7-5-25(6-8-26)16-2-4-18(28(30)31)19(14-16)27-9-11-34-12-10-27;22-21(23,24)15-3-5-17(20(13-15)29(32)33)27-11-9-25(10-12-27)16-4-6-18(28(30)31)19(14-16)26-7-1-2-8-26;27-21(25-12-14-30-15-13-25)17-22-8-10-23(11-9-22)18-4-5-19(26(28)29)20(16-18)24-6-2-1-3-7-24/h3-12,21H,13-20H2,1-2H3;1-4,13-14H,5-12H2;3-6,13-14H,1-2,7-12H2;4-5,16H,1-3,6-15,17H2. The number of hydrogen-bond donors (Lipinski definition) is 0. The van der Waals surface area contributed by atoms with Gasteiger partial charge in [-0.05, 0) is 141 Å². The van der Waals surface area contributed by atoms with Crippen LogP contribution in [0.1, 0.15) is 43.2 Å². The summed E-state index contributed by atoms with van der Waals surface area (Å²) in [5, 5.41) is 69.3. The summed E-state index contributed by atoms with van der Waals surface area (Å²) in [6, 6.07) is 42.2. The van der Waals surface area contributed by atoms with Crippen LogP contribution in [0.4, 0.5) is 129 Å². The number of para-hydroxylation sites is 2. The van der Waals surface area contributed by atoms with E-state index in [9.17, 15) is 91.8 Å². The number of piperazine rings is 5. The van der Waals surface area contributed by atoms with Crippen molar-refractivity contribution in [3.8, 4) is 11.5 Å². The van der Waals surface area contributed by atoms with Crippen molar-refractivity contribution in [3.05, 3.63) is 230 Å². The first-order valence-electron chi connectivity index (χ1n) is 44.8. The Kier molecular flexibility index (Phi) is 31.5. The van der Waals surface area contributed by atoms with Gasteiger partial charge in [-0.15, -0.1) is 0 Å². The first-order valence-corrected chi connectivity index (χ1v) is 44.8. The fourth-order valence-electron chi connectivity index (χ4n) is 18.4. The molecule has 8 aromatic carbocycles. The van der Waals surface area contributed by atoms with Crippen molar-refractivity contribution in [2.45, 2.75) is 44.5 Å². The second-order valence-corrected chi connectivity index (χ2v) is 33.5. The number of carbonyl (C=O) groups excluding carboxylic acids is 1. The molecular formula is C91H108F6N20O17. The topological polar surface area (TPSA) is 358 Å². The van der Waals surface area contributed by atoms with E-state index in [1.165, 1.54) is 24.2 Å². The number of piperidine rings is 1. The van der Waals surface area contributed by atoms with Gasteiger partial charge in [0.2, 0.25) is 5.91 Å². The fraction of sp³-hybridized carbons (Fsp3) is 0.462. The van der Waals surface area contributed by atoms with Gasteiger partial charge in [-0.3, -0.25) is 70.4 Å². The van der Waals surface area contributed by atoms with Crippen molar-refractivity contribution in [1.29, 1.82) is 0 Å². The minimum Gasteiger partial charge on any atom is -0.497 e. The molecule has 0 aromatic heterocycles. The maximum Gasteiger partial charge on any atom is 0.416 e. The number of morpholine rings is 2. The second-order valence-electron chi connectivity index (χ2n) is 33.5.